The minimum Gasteiger partial charge on any atom is -0.496 e. The minimum atomic E-state index is -0.671. The highest BCUT2D eigenvalue weighted by Crippen LogP contribution is 2.41. The lowest BCUT2D eigenvalue weighted by atomic mass is 9.81. The number of carbonyl (C=O) groups excluding carboxylic acids is 1. The molecule has 0 unspecified atom stereocenters. The molecule has 2 saturated heterocycles. The molecular formula is C39H43ClN6O5. The number of aromatic nitrogens is 3. The molecule has 0 aliphatic carbocycles. The van der Waals surface area contributed by atoms with Crippen molar-refractivity contribution in [1.29, 1.82) is 0 Å². The van der Waals surface area contributed by atoms with Crippen LogP contribution in [0, 0.1) is 5.41 Å². The molecule has 11 nitrogen and oxygen atoms in total. The van der Waals surface area contributed by atoms with Gasteiger partial charge in [0.2, 0.25) is 11.8 Å². The number of amides is 1. The van der Waals surface area contributed by atoms with Crippen molar-refractivity contribution in [1.82, 2.24) is 29.9 Å². The average molecular weight is 711 g/mol. The summed E-state index contributed by atoms with van der Waals surface area (Å²) in [4.78, 5) is 21.5. The number of benzene rings is 3. The molecule has 2 aliphatic heterocycles. The van der Waals surface area contributed by atoms with Crippen LogP contribution in [0.5, 0.6) is 17.4 Å². The molecule has 0 bridgehead atoms. The van der Waals surface area contributed by atoms with E-state index in [1.165, 1.54) is 0 Å². The molecule has 2 N–H and O–H groups in total. The Hall–Kier alpha value is -4.68. The number of hydrogen-bond donors (Lipinski definition) is 2. The first kappa shape index (κ1) is 34.8. The van der Waals surface area contributed by atoms with Crippen LogP contribution in [0.3, 0.4) is 0 Å². The molecule has 0 atom stereocenters. The third kappa shape index (κ3) is 6.40. The number of aliphatic hydroxyl groups is 1. The topological polar surface area (TPSA) is 114 Å². The van der Waals surface area contributed by atoms with E-state index >= 15 is 0 Å². The molecule has 7 rings (SSSR count). The van der Waals surface area contributed by atoms with Crippen molar-refractivity contribution in [3.8, 4) is 45.5 Å². The molecule has 4 heterocycles. The zero-order valence-electron chi connectivity index (χ0n) is 29.8. The molecule has 0 spiro atoms. The number of fused-ring (bicyclic) bond motifs is 1. The van der Waals surface area contributed by atoms with Crippen LogP contribution in [-0.2, 0) is 17.9 Å². The van der Waals surface area contributed by atoms with E-state index in [2.05, 4.69) is 15.1 Å². The van der Waals surface area contributed by atoms with Gasteiger partial charge in [-0.2, -0.15) is 5.10 Å². The number of rotatable bonds is 11. The molecule has 2 aliphatic rings. The van der Waals surface area contributed by atoms with Crippen molar-refractivity contribution < 1.29 is 24.1 Å². The van der Waals surface area contributed by atoms with E-state index in [0.717, 1.165) is 44.4 Å². The first-order valence-corrected chi connectivity index (χ1v) is 17.3. The molecule has 2 aromatic heterocycles. The summed E-state index contributed by atoms with van der Waals surface area (Å²) in [6, 6.07) is 19.9. The summed E-state index contributed by atoms with van der Waals surface area (Å²) in [5.41, 5.74) is 5.78. The van der Waals surface area contributed by atoms with Gasteiger partial charge in [0.25, 0.3) is 0 Å². The van der Waals surface area contributed by atoms with Crippen LogP contribution in [0.2, 0.25) is 5.02 Å². The fourth-order valence-electron chi connectivity index (χ4n) is 7.59. The van der Waals surface area contributed by atoms with Crippen LogP contribution in [0.15, 0.2) is 66.9 Å². The maximum absolute atomic E-state index is 12.2. The van der Waals surface area contributed by atoms with Gasteiger partial charge in [0, 0.05) is 80.5 Å². The van der Waals surface area contributed by atoms with E-state index in [0.29, 0.717) is 67.4 Å². The number of carbonyl (C=O) groups is 1. The molecular weight excluding hydrogens is 668 g/mol. The van der Waals surface area contributed by atoms with Crippen molar-refractivity contribution in [3.05, 3.63) is 83.0 Å². The second-order valence-electron chi connectivity index (χ2n) is 14.1. The summed E-state index contributed by atoms with van der Waals surface area (Å²) in [6.45, 7) is 7.57. The summed E-state index contributed by atoms with van der Waals surface area (Å²) in [5, 5.41) is 19.3. The van der Waals surface area contributed by atoms with Gasteiger partial charge >= 0.3 is 0 Å². The number of likely N-dealkylation sites (tertiary alicyclic amines) is 2. The summed E-state index contributed by atoms with van der Waals surface area (Å²) < 4.78 is 19.3. The number of β-amino-alcohol motifs (C(OH)–C–C–N with tert-alkyl or cyclic N) is 1. The summed E-state index contributed by atoms with van der Waals surface area (Å²) in [6.07, 6.45) is 1.85. The molecule has 266 valence electrons. The van der Waals surface area contributed by atoms with Crippen LogP contribution in [0.1, 0.15) is 25.0 Å². The van der Waals surface area contributed by atoms with Gasteiger partial charge in [-0.1, -0.05) is 48.0 Å². The number of ether oxygens (including phenoxy) is 3. The monoisotopic (exact) mass is 710 g/mol. The first-order chi connectivity index (χ1) is 24.5. The van der Waals surface area contributed by atoms with Crippen LogP contribution in [0.4, 0.5) is 0 Å². The third-order valence-electron chi connectivity index (χ3n) is 9.97. The summed E-state index contributed by atoms with van der Waals surface area (Å²) in [7, 11) is 6.59. The number of nitrogens with one attached hydrogen (secondary N) is 1. The van der Waals surface area contributed by atoms with Gasteiger partial charge in [-0.15, -0.1) is 0 Å². The zero-order chi connectivity index (χ0) is 36.1. The highest BCUT2D eigenvalue weighted by Gasteiger charge is 2.44. The third-order valence-corrected chi connectivity index (χ3v) is 10.4. The molecule has 2 fully saturated rings. The SMILES string of the molecule is CNC(=O)C1(C)CN(Cc2ccc(-c3cccc(-c4cccc5c4cnn5-c4cc(OC)c(CN5CC(C)(O)C5)c(OC)c4)c3Cl)nc2OC)C1. The van der Waals surface area contributed by atoms with Gasteiger partial charge in [-0.3, -0.25) is 14.6 Å². The lowest BCUT2D eigenvalue weighted by Gasteiger charge is -2.46. The van der Waals surface area contributed by atoms with Crippen LogP contribution >= 0.6 is 11.6 Å². The van der Waals surface area contributed by atoms with Crippen LogP contribution in [-0.4, -0.2) is 95.7 Å². The second-order valence-corrected chi connectivity index (χ2v) is 14.5. The van der Waals surface area contributed by atoms with Gasteiger partial charge in [-0.25, -0.2) is 9.67 Å². The largest absolute Gasteiger partial charge is 0.496 e. The van der Waals surface area contributed by atoms with E-state index in [4.69, 9.17) is 35.9 Å². The van der Waals surface area contributed by atoms with Crippen LogP contribution in [0.25, 0.3) is 39.0 Å². The van der Waals surface area contributed by atoms with Gasteiger partial charge in [0.05, 0.1) is 66.0 Å². The van der Waals surface area contributed by atoms with Gasteiger partial charge in [-0.05, 0) is 31.5 Å². The predicted molar refractivity (Wildman–Crippen MR) is 198 cm³/mol. The average Bonchev–Trinajstić information content (AvgIpc) is 3.54. The van der Waals surface area contributed by atoms with E-state index in [1.807, 2.05) is 85.4 Å². The second kappa shape index (κ2) is 13.5. The van der Waals surface area contributed by atoms with E-state index in [9.17, 15) is 9.90 Å². The smallest absolute Gasteiger partial charge is 0.228 e. The summed E-state index contributed by atoms with van der Waals surface area (Å²) in [5.74, 6) is 1.96. The Labute approximate surface area is 302 Å². The Morgan fingerprint density at radius 1 is 0.882 bits per heavy atom. The predicted octanol–water partition coefficient (Wildman–Crippen LogP) is 5.57. The Kier molecular flexibility index (Phi) is 9.17. The van der Waals surface area contributed by atoms with E-state index in [-0.39, 0.29) is 11.3 Å². The van der Waals surface area contributed by atoms with Crippen molar-refractivity contribution in [2.75, 3.05) is 54.6 Å². The number of pyridine rings is 1. The fraction of sp³-hybridized carbons (Fsp3) is 0.359. The maximum Gasteiger partial charge on any atom is 0.228 e. The highest BCUT2D eigenvalue weighted by atomic mass is 35.5. The normalized spacial score (nSPS) is 16.7. The standard InChI is InChI=1S/C39H43ClN6O5/c1-38(37(47)41-3)20-44(21-38)18-24-13-14-31(43-36(24)51-6)28-11-7-10-27(35(28)40)26-9-8-12-32-29(26)17-42-46(32)25-15-33(49-4)30(34(16-25)50-5)19-45-22-39(2,48)23-45/h7-17,48H,18-23H2,1-6H3,(H,41,47). The van der Waals surface area contributed by atoms with Crippen molar-refractivity contribution in [2.45, 2.75) is 32.5 Å². The summed E-state index contributed by atoms with van der Waals surface area (Å²) >= 11 is 7.19. The molecule has 51 heavy (non-hydrogen) atoms. The van der Waals surface area contributed by atoms with Gasteiger partial charge in [0.15, 0.2) is 0 Å². The lowest BCUT2D eigenvalue weighted by Crippen LogP contribution is -2.60. The van der Waals surface area contributed by atoms with Gasteiger partial charge < -0.3 is 24.6 Å². The van der Waals surface area contributed by atoms with Crippen molar-refractivity contribution >= 4 is 28.4 Å². The van der Waals surface area contributed by atoms with E-state index < -0.39 is 5.60 Å². The Morgan fingerprint density at radius 2 is 1.53 bits per heavy atom. The molecule has 0 radical (unpaired) electrons. The van der Waals surface area contributed by atoms with Crippen molar-refractivity contribution in [2.24, 2.45) is 5.41 Å². The molecule has 5 aromatic rings. The number of hydrogen-bond acceptors (Lipinski definition) is 9. The van der Waals surface area contributed by atoms with E-state index in [1.54, 1.807) is 28.4 Å². The molecule has 0 saturated carbocycles. The van der Waals surface area contributed by atoms with Gasteiger partial charge in [0.1, 0.15) is 11.5 Å². The number of halogens is 1. The highest BCUT2D eigenvalue weighted by molar-refractivity contribution is 6.36. The van der Waals surface area contributed by atoms with Crippen molar-refractivity contribution in [3.63, 3.8) is 0 Å². The number of nitrogens with zero attached hydrogens (tertiary/aromatic N) is 5. The Morgan fingerprint density at radius 3 is 2.18 bits per heavy atom. The number of methoxy groups -OCH3 is 3. The maximum atomic E-state index is 12.2. The lowest BCUT2D eigenvalue weighted by molar-refractivity contribution is -0.139. The quantitative estimate of drug-likeness (QED) is 0.182. The Balaban J connectivity index is 1.18. The molecule has 1 amide bonds. The van der Waals surface area contributed by atoms with Crippen LogP contribution < -0.4 is 19.5 Å². The minimum absolute atomic E-state index is 0.0567. The molecule has 12 heteroatoms. The first-order valence-electron chi connectivity index (χ1n) is 16.9. The Bertz CT molecular complexity index is 2090. The zero-order valence-corrected chi connectivity index (χ0v) is 30.5. The fourth-order valence-corrected chi connectivity index (χ4v) is 7.91. The molecule has 3 aromatic carbocycles.